The lowest BCUT2D eigenvalue weighted by molar-refractivity contribution is 0.0997. The van der Waals surface area contributed by atoms with Crippen LogP contribution in [0.2, 0.25) is 0 Å². The smallest absolute Gasteiger partial charge is 0.302 e. The van der Waals surface area contributed by atoms with Crippen molar-refractivity contribution in [1.29, 1.82) is 0 Å². The molecule has 0 aliphatic rings. The molecule has 1 aromatic carbocycles. The van der Waals surface area contributed by atoms with Crippen LogP contribution in [0.15, 0.2) is 33.7 Å². The van der Waals surface area contributed by atoms with E-state index in [0.717, 1.165) is 5.56 Å². The van der Waals surface area contributed by atoms with Gasteiger partial charge >= 0.3 is 5.91 Å². The number of guanidine groups is 1. The highest BCUT2D eigenvalue weighted by molar-refractivity contribution is 6.01. The zero-order valence-electron chi connectivity index (χ0n) is 11.1. The Morgan fingerprint density at radius 1 is 1.30 bits per heavy atom. The van der Waals surface area contributed by atoms with Crippen LogP contribution in [0.5, 0.6) is 5.75 Å². The summed E-state index contributed by atoms with van der Waals surface area (Å²) in [6.07, 6.45) is 0. The van der Waals surface area contributed by atoms with E-state index in [-0.39, 0.29) is 11.7 Å². The van der Waals surface area contributed by atoms with Crippen molar-refractivity contribution in [2.75, 3.05) is 7.11 Å². The third kappa shape index (κ3) is 2.77. The molecule has 0 saturated carbocycles. The van der Waals surface area contributed by atoms with Crippen LogP contribution >= 0.6 is 0 Å². The van der Waals surface area contributed by atoms with Gasteiger partial charge in [0.2, 0.25) is 5.89 Å². The Morgan fingerprint density at radius 3 is 2.50 bits per heavy atom. The van der Waals surface area contributed by atoms with Crippen LogP contribution in [0.1, 0.15) is 16.2 Å². The number of oxazole rings is 1. The second-order valence-electron chi connectivity index (χ2n) is 3.99. The number of amides is 1. The highest BCUT2D eigenvalue weighted by Gasteiger charge is 2.17. The molecule has 2 rings (SSSR count). The van der Waals surface area contributed by atoms with E-state index in [9.17, 15) is 4.79 Å². The predicted molar refractivity (Wildman–Crippen MR) is 73.4 cm³/mol. The fourth-order valence-corrected chi connectivity index (χ4v) is 1.62. The zero-order valence-corrected chi connectivity index (χ0v) is 11.1. The Labute approximate surface area is 115 Å². The third-order valence-corrected chi connectivity index (χ3v) is 2.57. The Morgan fingerprint density at radius 2 is 1.95 bits per heavy atom. The van der Waals surface area contributed by atoms with Crippen LogP contribution in [0.25, 0.3) is 11.5 Å². The van der Waals surface area contributed by atoms with Gasteiger partial charge in [0, 0.05) is 5.56 Å². The zero-order chi connectivity index (χ0) is 14.7. The molecule has 4 N–H and O–H groups in total. The number of methoxy groups -OCH3 is 1. The summed E-state index contributed by atoms with van der Waals surface area (Å²) in [6, 6.07) is 7.09. The summed E-state index contributed by atoms with van der Waals surface area (Å²) in [5.41, 5.74) is 11.1. The van der Waals surface area contributed by atoms with Crippen LogP contribution in [0.3, 0.4) is 0 Å². The van der Waals surface area contributed by atoms with Gasteiger partial charge < -0.3 is 20.6 Å². The molecule has 104 valence electrons. The van der Waals surface area contributed by atoms with Crippen LogP contribution < -0.4 is 16.2 Å². The topological polar surface area (TPSA) is 117 Å². The predicted octanol–water partition coefficient (Wildman–Crippen LogP) is 1.07. The first kappa shape index (κ1) is 13.6. The molecule has 1 aromatic heterocycles. The second kappa shape index (κ2) is 5.43. The fraction of sp³-hybridized carbons (Fsp3) is 0.154. The van der Waals surface area contributed by atoms with Crippen molar-refractivity contribution in [2.24, 2.45) is 16.5 Å². The number of hydrogen-bond acceptors (Lipinski definition) is 4. The molecule has 20 heavy (non-hydrogen) atoms. The molecule has 1 amide bonds. The van der Waals surface area contributed by atoms with Crippen molar-refractivity contribution in [3.63, 3.8) is 0 Å². The van der Waals surface area contributed by atoms with Gasteiger partial charge in [-0.1, -0.05) is 0 Å². The molecule has 0 radical (unpaired) electrons. The first-order valence-corrected chi connectivity index (χ1v) is 5.77. The van der Waals surface area contributed by atoms with Crippen LogP contribution in [-0.2, 0) is 0 Å². The lowest BCUT2D eigenvalue weighted by Gasteiger charge is -1.99. The summed E-state index contributed by atoms with van der Waals surface area (Å²) in [4.78, 5) is 19.3. The van der Waals surface area contributed by atoms with Crippen molar-refractivity contribution in [3.05, 3.63) is 35.7 Å². The van der Waals surface area contributed by atoms with E-state index in [1.165, 1.54) is 0 Å². The van der Waals surface area contributed by atoms with Gasteiger partial charge in [-0.3, -0.25) is 4.79 Å². The minimum atomic E-state index is -0.633. The summed E-state index contributed by atoms with van der Waals surface area (Å²) < 4.78 is 10.5. The van der Waals surface area contributed by atoms with Crippen molar-refractivity contribution < 1.29 is 13.9 Å². The summed E-state index contributed by atoms with van der Waals surface area (Å²) in [5, 5.41) is 0. The number of hydrogen-bond donors (Lipinski definition) is 2. The Balaban J connectivity index is 2.35. The van der Waals surface area contributed by atoms with E-state index in [4.69, 9.17) is 20.6 Å². The number of aryl methyl sites for hydroxylation is 1. The van der Waals surface area contributed by atoms with E-state index < -0.39 is 5.91 Å². The molecule has 0 aliphatic heterocycles. The quantitative estimate of drug-likeness (QED) is 0.638. The van der Waals surface area contributed by atoms with E-state index in [0.29, 0.717) is 17.4 Å². The number of aliphatic imine (C=N–C) groups is 1. The molecule has 0 saturated heterocycles. The van der Waals surface area contributed by atoms with Gasteiger partial charge in [-0.2, -0.15) is 4.99 Å². The number of rotatable bonds is 3. The first-order valence-electron chi connectivity index (χ1n) is 5.77. The molecular formula is C13H14N4O3. The molecule has 0 unspecified atom stereocenters. The molecule has 0 fully saturated rings. The molecule has 0 bridgehead atoms. The van der Waals surface area contributed by atoms with Crippen molar-refractivity contribution in [2.45, 2.75) is 6.92 Å². The summed E-state index contributed by atoms with van der Waals surface area (Å²) in [6.45, 7) is 1.62. The Hall–Kier alpha value is -2.83. The number of carbonyl (C=O) groups excluding carboxylic acids is 1. The molecule has 0 spiro atoms. The molecular weight excluding hydrogens is 260 g/mol. The minimum absolute atomic E-state index is 0.0872. The summed E-state index contributed by atoms with van der Waals surface area (Å²) in [7, 11) is 1.58. The van der Waals surface area contributed by atoms with Crippen molar-refractivity contribution in [3.8, 4) is 17.2 Å². The molecule has 2 aromatic rings. The van der Waals surface area contributed by atoms with Gasteiger partial charge in [-0.15, -0.1) is 0 Å². The van der Waals surface area contributed by atoms with Gasteiger partial charge in [0.25, 0.3) is 0 Å². The van der Waals surface area contributed by atoms with Crippen LogP contribution in [-0.4, -0.2) is 24.0 Å². The normalized spacial score (nSPS) is 10.1. The number of nitrogens with two attached hydrogens (primary N) is 2. The number of ether oxygens (including phenoxy) is 1. The monoisotopic (exact) mass is 274 g/mol. The maximum absolute atomic E-state index is 11.7. The third-order valence-electron chi connectivity index (χ3n) is 2.57. The maximum atomic E-state index is 11.7. The molecule has 0 aliphatic carbocycles. The largest absolute Gasteiger partial charge is 0.497 e. The summed E-state index contributed by atoms with van der Waals surface area (Å²) in [5.74, 6) is 0.438. The first-order chi connectivity index (χ1) is 9.51. The van der Waals surface area contributed by atoms with E-state index in [1.807, 2.05) is 0 Å². The standard InChI is InChI=1S/C13H14N4O3/c1-7-10(11(18)17-13(14)15)16-12(20-7)8-3-5-9(19-2)6-4-8/h3-6H,1-2H3,(H4,14,15,17,18). The molecule has 7 nitrogen and oxygen atoms in total. The molecule has 0 atom stereocenters. The number of aromatic nitrogens is 1. The van der Waals surface area contributed by atoms with E-state index in [1.54, 1.807) is 38.3 Å². The van der Waals surface area contributed by atoms with Gasteiger partial charge in [0.15, 0.2) is 11.7 Å². The highest BCUT2D eigenvalue weighted by atomic mass is 16.5. The van der Waals surface area contributed by atoms with Gasteiger partial charge in [0.05, 0.1) is 7.11 Å². The highest BCUT2D eigenvalue weighted by Crippen LogP contribution is 2.24. The molecule has 7 heteroatoms. The van der Waals surface area contributed by atoms with E-state index in [2.05, 4.69) is 9.98 Å². The van der Waals surface area contributed by atoms with Gasteiger partial charge in [-0.25, -0.2) is 4.98 Å². The number of carbonyl (C=O) groups is 1. The minimum Gasteiger partial charge on any atom is -0.497 e. The SMILES string of the molecule is COc1ccc(-c2nc(C(=O)N=C(N)N)c(C)o2)cc1. The van der Waals surface area contributed by atoms with Crippen LogP contribution in [0.4, 0.5) is 0 Å². The maximum Gasteiger partial charge on any atom is 0.302 e. The number of nitrogens with zero attached hydrogens (tertiary/aromatic N) is 2. The Kier molecular flexibility index (Phi) is 3.69. The fourth-order valence-electron chi connectivity index (χ4n) is 1.62. The lowest BCUT2D eigenvalue weighted by Crippen LogP contribution is -2.24. The average molecular weight is 274 g/mol. The number of benzene rings is 1. The van der Waals surface area contributed by atoms with Crippen molar-refractivity contribution >= 4 is 11.9 Å². The van der Waals surface area contributed by atoms with Crippen LogP contribution in [0, 0.1) is 6.92 Å². The Bertz CT molecular complexity index is 655. The van der Waals surface area contributed by atoms with Gasteiger partial charge in [0.1, 0.15) is 11.5 Å². The lowest BCUT2D eigenvalue weighted by atomic mass is 10.2. The second-order valence-corrected chi connectivity index (χ2v) is 3.99. The van der Waals surface area contributed by atoms with Crippen molar-refractivity contribution in [1.82, 2.24) is 4.98 Å². The molecule has 1 heterocycles. The van der Waals surface area contributed by atoms with E-state index >= 15 is 0 Å². The average Bonchev–Trinajstić information content (AvgIpc) is 2.80. The van der Waals surface area contributed by atoms with Gasteiger partial charge in [-0.05, 0) is 31.2 Å². The summed E-state index contributed by atoms with van der Waals surface area (Å²) >= 11 is 0.